The van der Waals surface area contributed by atoms with E-state index in [1.54, 1.807) is 7.11 Å². The minimum absolute atomic E-state index is 0.203. The monoisotopic (exact) mass is 412 g/mol. The molecule has 7 heteroatoms. The maximum Gasteiger partial charge on any atom is 0.320 e. The van der Waals surface area contributed by atoms with Crippen molar-refractivity contribution in [1.82, 2.24) is 19.8 Å². The number of nitrogens with zero attached hydrogens (tertiary/aromatic N) is 4. The van der Waals surface area contributed by atoms with Crippen molar-refractivity contribution >= 4 is 0 Å². The van der Waals surface area contributed by atoms with Crippen LogP contribution in [0, 0.1) is 0 Å². The minimum atomic E-state index is -0.764. The van der Waals surface area contributed by atoms with Gasteiger partial charge in [0.05, 0.1) is 18.3 Å². The van der Waals surface area contributed by atoms with Crippen molar-refractivity contribution in [2.75, 3.05) is 33.4 Å². The molecule has 5 rings (SSSR count). The molecule has 3 aliphatic heterocycles. The smallest absolute Gasteiger partial charge is 0.320 e. The molecule has 0 unspecified atom stereocenters. The number of fused-ring (bicyclic) bond motifs is 2. The number of methoxy groups -OCH3 is 1. The second kappa shape index (κ2) is 8.12. The molecule has 4 heterocycles. The summed E-state index contributed by atoms with van der Waals surface area (Å²) in [6.45, 7) is 4.47. The fourth-order valence-electron chi connectivity index (χ4n) is 5.29. The molecule has 0 radical (unpaired) electrons. The predicted octanol–water partition coefficient (Wildman–Crippen LogP) is 3.00. The van der Waals surface area contributed by atoms with Gasteiger partial charge in [-0.2, -0.15) is 9.97 Å². The molecule has 2 atom stereocenters. The van der Waals surface area contributed by atoms with Gasteiger partial charge in [-0.15, -0.1) is 0 Å². The molecule has 160 valence electrons. The average molecular weight is 413 g/mol. The van der Waals surface area contributed by atoms with Crippen LogP contribution in [-0.4, -0.2) is 64.8 Å². The lowest BCUT2D eigenvalue weighted by Crippen LogP contribution is -2.43. The van der Waals surface area contributed by atoms with Gasteiger partial charge in [0.1, 0.15) is 12.8 Å². The molecule has 0 spiro atoms. The second-order valence-electron chi connectivity index (χ2n) is 8.75. The van der Waals surface area contributed by atoms with Gasteiger partial charge >= 0.3 is 6.01 Å². The first-order chi connectivity index (χ1) is 14.6. The van der Waals surface area contributed by atoms with Gasteiger partial charge in [-0.3, -0.25) is 9.80 Å². The predicted molar refractivity (Wildman–Crippen MR) is 111 cm³/mol. The molecule has 0 saturated carbocycles. The van der Waals surface area contributed by atoms with Crippen LogP contribution in [0.4, 0.5) is 4.39 Å². The zero-order valence-electron chi connectivity index (χ0n) is 17.5. The lowest BCUT2D eigenvalue weighted by Gasteiger charge is -2.31. The highest BCUT2D eigenvalue weighted by Gasteiger charge is 2.49. The molecule has 2 aromatic rings. The Bertz CT molecular complexity index is 896. The Balaban J connectivity index is 1.32. The van der Waals surface area contributed by atoms with Crippen LogP contribution in [0.25, 0.3) is 0 Å². The van der Waals surface area contributed by atoms with E-state index in [1.807, 2.05) is 6.07 Å². The standard InChI is InChI=1S/C23H29FN4O2/c1-29-21-19-8-11-27(13-17-6-3-2-4-7-17)15-20(19)25-22(26-21)30-16-23-9-5-10-28(23)14-18(24)12-23/h2-4,6-7,18H,5,8-16H2,1H3/t18-,23+/m1/s1. The molecule has 1 aromatic carbocycles. The lowest BCUT2D eigenvalue weighted by molar-refractivity contribution is 0.106. The van der Waals surface area contributed by atoms with Crippen molar-refractivity contribution in [1.29, 1.82) is 0 Å². The largest absolute Gasteiger partial charge is 0.481 e. The van der Waals surface area contributed by atoms with E-state index in [4.69, 9.17) is 14.5 Å². The number of hydrogen-bond donors (Lipinski definition) is 0. The quantitative estimate of drug-likeness (QED) is 0.727. The maximum atomic E-state index is 14.0. The highest BCUT2D eigenvalue weighted by Crippen LogP contribution is 2.40. The number of halogens is 1. The molecule has 3 aliphatic rings. The number of rotatable bonds is 6. The zero-order valence-corrected chi connectivity index (χ0v) is 17.5. The maximum absolute atomic E-state index is 14.0. The van der Waals surface area contributed by atoms with Crippen LogP contribution in [0.3, 0.4) is 0 Å². The average Bonchev–Trinajstić information content (AvgIpc) is 3.28. The summed E-state index contributed by atoms with van der Waals surface area (Å²) in [5.41, 5.74) is 3.13. The van der Waals surface area contributed by atoms with E-state index in [0.717, 1.165) is 56.7 Å². The first-order valence-electron chi connectivity index (χ1n) is 10.9. The van der Waals surface area contributed by atoms with E-state index >= 15 is 0 Å². The SMILES string of the molecule is COc1nc(OC[C@@]23CCCN2C[C@H](F)C3)nc2c1CCN(Cc1ccccc1)C2. The molecule has 2 fully saturated rings. The van der Waals surface area contributed by atoms with Gasteiger partial charge < -0.3 is 9.47 Å². The first-order valence-corrected chi connectivity index (χ1v) is 10.9. The Morgan fingerprint density at radius 1 is 1.20 bits per heavy atom. The molecular formula is C23H29FN4O2. The van der Waals surface area contributed by atoms with E-state index < -0.39 is 6.17 Å². The Labute approximate surface area is 177 Å². The second-order valence-corrected chi connectivity index (χ2v) is 8.75. The van der Waals surface area contributed by atoms with Crippen LogP contribution in [0.2, 0.25) is 0 Å². The van der Waals surface area contributed by atoms with Gasteiger partial charge in [-0.25, -0.2) is 4.39 Å². The molecular weight excluding hydrogens is 383 g/mol. The fourth-order valence-corrected chi connectivity index (χ4v) is 5.29. The third kappa shape index (κ3) is 3.76. The Hall–Kier alpha value is -2.25. The molecule has 0 amide bonds. The van der Waals surface area contributed by atoms with E-state index in [2.05, 4.69) is 39.0 Å². The zero-order chi connectivity index (χ0) is 20.6. The summed E-state index contributed by atoms with van der Waals surface area (Å²) < 4.78 is 25.7. The summed E-state index contributed by atoms with van der Waals surface area (Å²) in [5.74, 6) is 0.602. The number of ether oxygens (including phenoxy) is 2. The molecule has 1 aromatic heterocycles. The van der Waals surface area contributed by atoms with Crippen molar-refractivity contribution in [3.8, 4) is 11.9 Å². The van der Waals surface area contributed by atoms with Crippen molar-refractivity contribution in [2.45, 2.75) is 50.5 Å². The highest BCUT2D eigenvalue weighted by molar-refractivity contribution is 5.34. The van der Waals surface area contributed by atoms with Crippen molar-refractivity contribution in [2.24, 2.45) is 0 Å². The lowest BCUT2D eigenvalue weighted by atomic mass is 9.95. The van der Waals surface area contributed by atoms with Crippen LogP contribution in [0.1, 0.15) is 36.1 Å². The number of hydrogen-bond acceptors (Lipinski definition) is 6. The van der Waals surface area contributed by atoms with Gasteiger partial charge in [0, 0.05) is 38.2 Å². The van der Waals surface area contributed by atoms with Gasteiger partial charge in [0.2, 0.25) is 5.88 Å². The molecule has 2 saturated heterocycles. The Morgan fingerprint density at radius 2 is 2.07 bits per heavy atom. The summed E-state index contributed by atoms with van der Waals surface area (Å²) in [6.07, 6.45) is 2.70. The van der Waals surface area contributed by atoms with E-state index in [1.165, 1.54) is 5.56 Å². The minimum Gasteiger partial charge on any atom is -0.481 e. The highest BCUT2D eigenvalue weighted by atomic mass is 19.1. The molecule has 0 bridgehead atoms. The number of aromatic nitrogens is 2. The summed E-state index contributed by atoms with van der Waals surface area (Å²) in [4.78, 5) is 13.9. The number of benzene rings is 1. The Morgan fingerprint density at radius 3 is 2.90 bits per heavy atom. The van der Waals surface area contributed by atoms with Gasteiger partial charge in [0.25, 0.3) is 0 Å². The third-order valence-corrected chi connectivity index (χ3v) is 6.76. The van der Waals surface area contributed by atoms with E-state index in [-0.39, 0.29) is 5.54 Å². The van der Waals surface area contributed by atoms with Crippen molar-refractivity contribution in [3.63, 3.8) is 0 Å². The summed E-state index contributed by atoms with van der Waals surface area (Å²) in [5, 5.41) is 0. The molecule has 0 aliphatic carbocycles. The van der Waals surface area contributed by atoms with Crippen LogP contribution in [-0.2, 0) is 19.5 Å². The van der Waals surface area contributed by atoms with Crippen LogP contribution in [0.5, 0.6) is 11.9 Å². The van der Waals surface area contributed by atoms with Crippen LogP contribution >= 0.6 is 0 Å². The normalized spacial score (nSPS) is 26.4. The summed E-state index contributed by atoms with van der Waals surface area (Å²) in [6, 6.07) is 10.8. The topological polar surface area (TPSA) is 50.7 Å². The Kier molecular flexibility index (Phi) is 5.33. The van der Waals surface area contributed by atoms with Crippen LogP contribution < -0.4 is 9.47 Å². The summed E-state index contributed by atoms with van der Waals surface area (Å²) in [7, 11) is 1.64. The third-order valence-electron chi connectivity index (χ3n) is 6.76. The van der Waals surface area contributed by atoms with Crippen LogP contribution in [0.15, 0.2) is 30.3 Å². The summed E-state index contributed by atoms with van der Waals surface area (Å²) >= 11 is 0. The molecule has 6 nitrogen and oxygen atoms in total. The number of alkyl halides is 1. The van der Waals surface area contributed by atoms with E-state index in [0.29, 0.717) is 31.5 Å². The van der Waals surface area contributed by atoms with Crippen molar-refractivity contribution in [3.05, 3.63) is 47.2 Å². The first kappa shape index (κ1) is 19.7. The van der Waals surface area contributed by atoms with Gasteiger partial charge in [0.15, 0.2) is 0 Å². The fraction of sp³-hybridized carbons (Fsp3) is 0.565. The van der Waals surface area contributed by atoms with Gasteiger partial charge in [-0.1, -0.05) is 30.3 Å². The molecule has 0 N–H and O–H groups in total. The van der Waals surface area contributed by atoms with E-state index in [9.17, 15) is 4.39 Å². The molecule has 30 heavy (non-hydrogen) atoms. The van der Waals surface area contributed by atoms with Crippen molar-refractivity contribution < 1.29 is 13.9 Å². The van der Waals surface area contributed by atoms with Gasteiger partial charge in [-0.05, 0) is 31.4 Å².